The van der Waals surface area contributed by atoms with Crippen LogP contribution < -0.4 is 26.6 Å². The van der Waals surface area contributed by atoms with Crippen LogP contribution in [0.4, 0.5) is 27.8 Å². The number of hydrogen-bond acceptors (Lipinski definition) is 6. The van der Waals surface area contributed by atoms with Gasteiger partial charge >= 0.3 is 17.2 Å². The van der Waals surface area contributed by atoms with E-state index in [-0.39, 0.29) is 6.42 Å². The van der Waals surface area contributed by atoms with Gasteiger partial charge in [-0.15, -0.1) is 0 Å². The van der Waals surface area contributed by atoms with Gasteiger partial charge in [-0.2, -0.15) is 13.2 Å². The van der Waals surface area contributed by atoms with E-state index in [4.69, 9.17) is 10.8 Å². The van der Waals surface area contributed by atoms with Crippen LogP contribution in [0.1, 0.15) is 22.3 Å². The SMILES string of the molecule is Cn1ccc(=O)n(-c2cccc3c(CCC(=O)O)cccc23)c1=O.NC(=O)c1c(F)ccc(NS(=O)C(F)(F)F)c1OF. The molecule has 1 heterocycles. The minimum Gasteiger partial charge on any atom is -0.481 e. The van der Waals surface area contributed by atoms with Gasteiger partial charge in [0.1, 0.15) is 11.4 Å². The summed E-state index contributed by atoms with van der Waals surface area (Å²) in [6.45, 7) is 0. The van der Waals surface area contributed by atoms with Gasteiger partial charge in [-0.3, -0.25) is 24.0 Å². The molecule has 1 unspecified atom stereocenters. The first-order valence-electron chi connectivity index (χ1n) is 11.8. The van der Waals surface area contributed by atoms with Gasteiger partial charge < -0.3 is 15.4 Å². The Hall–Kier alpha value is -5.06. The Morgan fingerprint density at radius 3 is 2.30 bits per heavy atom. The summed E-state index contributed by atoms with van der Waals surface area (Å²) in [5.74, 6) is -4.85. The summed E-state index contributed by atoms with van der Waals surface area (Å²) in [5, 5.41) is 10.5. The molecule has 0 saturated heterocycles. The van der Waals surface area contributed by atoms with E-state index in [1.54, 1.807) is 19.2 Å². The number of aliphatic carboxylic acids is 1. The monoisotopic (exact) mass is 628 g/mol. The number of carboxylic acids is 1. The second-order valence-corrected chi connectivity index (χ2v) is 9.83. The van der Waals surface area contributed by atoms with Crippen molar-refractivity contribution in [1.82, 2.24) is 9.13 Å². The molecule has 0 saturated carbocycles. The van der Waals surface area contributed by atoms with Crippen molar-refractivity contribution < 1.29 is 45.9 Å². The molecule has 4 aromatic rings. The van der Waals surface area contributed by atoms with E-state index in [2.05, 4.69) is 4.94 Å². The number of rotatable bonds is 8. The number of aromatic nitrogens is 2. The zero-order valence-electron chi connectivity index (χ0n) is 21.9. The number of hydrogen-bond donors (Lipinski definition) is 3. The Morgan fingerprint density at radius 2 is 1.70 bits per heavy atom. The van der Waals surface area contributed by atoms with Crippen molar-refractivity contribution in [2.24, 2.45) is 12.8 Å². The average Bonchev–Trinajstić information content (AvgIpc) is 2.94. The summed E-state index contributed by atoms with van der Waals surface area (Å²) in [6.07, 6.45) is 1.85. The fourth-order valence-electron chi connectivity index (χ4n) is 3.91. The summed E-state index contributed by atoms with van der Waals surface area (Å²) in [4.78, 5) is 49.4. The molecule has 17 heteroatoms. The van der Waals surface area contributed by atoms with Crippen LogP contribution in [0.3, 0.4) is 0 Å². The number of anilines is 1. The van der Waals surface area contributed by atoms with Crippen LogP contribution in [-0.4, -0.2) is 35.8 Å². The van der Waals surface area contributed by atoms with Crippen LogP contribution >= 0.6 is 0 Å². The highest BCUT2D eigenvalue weighted by atomic mass is 32.2. The first-order chi connectivity index (χ1) is 20.2. The minimum atomic E-state index is -5.14. The third kappa shape index (κ3) is 7.42. The lowest BCUT2D eigenvalue weighted by atomic mass is 9.99. The number of nitrogens with one attached hydrogen (secondary N) is 1. The maximum atomic E-state index is 13.2. The van der Waals surface area contributed by atoms with E-state index in [9.17, 15) is 45.5 Å². The van der Waals surface area contributed by atoms with Crippen molar-refractivity contribution in [1.29, 1.82) is 0 Å². The van der Waals surface area contributed by atoms with Crippen LogP contribution in [0.5, 0.6) is 5.75 Å². The molecule has 1 amide bonds. The molecule has 1 aromatic heterocycles. The van der Waals surface area contributed by atoms with Crippen LogP contribution in [0.15, 0.2) is 70.4 Å². The molecule has 0 aliphatic heterocycles. The maximum absolute atomic E-state index is 13.2. The van der Waals surface area contributed by atoms with Crippen molar-refractivity contribution >= 4 is 39.3 Å². The molecule has 0 spiro atoms. The number of nitrogens with zero attached hydrogens (tertiary/aromatic N) is 2. The van der Waals surface area contributed by atoms with E-state index >= 15 is 0 Å². The molecule has 4 N–H and O–H groups in total. The molecular formula is C26H21F5N4O7S. The van der Waals surface area contributed by atoms with Gasteiger partial charge in [-0.25, -0.2) is 18.0 Å². The van der Waals surface area contributed by atoms with Crippen molar-refractivity contribution in [3.05, 3.63) is 98.6 Å². The van der Waals surface area contributed by atoms with Crippen LogP contribution in [0.2, 0.25) is 0 Å². The number of alkyl halides is 3. The molecule has 0 aliphatic rings. The van der Waals surface area contributed by atoms with Crippen LogP contribution in [-0.2, 0) is 29.2 Å². The average molecular weight is 629 g/mol. The van der Waals surface area contributed by atoms with Crippen molar-refractivity contribution in [3.8, 4) is 11.4 Å². The highest BCUT2D eigenvalue weighted by Gasteiger charge is 2.38. The molecule has 11 nitrogen and oxygen atoms in total. The molecular weight excluding hydrogens is 607 g/mol. The number of fused-ring (bicyclic) bond motifs is 1. The Morgan fingerprint density at radius 1 is 1.05 bits per heavy atom. The van der Waals surface area contributed by atoms with Crippen molar-refractivity contribution in [3.63, 3.8) is 0 Å². The van der Waals surface area contributed by atoms with Gasteiger partial charge in [0.15, 0.2) is 0 Å². The first-order valence-corrected chi connectivity index (χ1v) is 13.0. The van der Waals surface area contributed by atoms with E-state index in [0.29, 0.717) is 24.2 Å². The van der Waals surface area contributed by atoms with Gasteiger partial charge in [0.2, 0.25) is 16.7 Å². The summed E-state index contributed by atoms with van der Waals surface area (Å²) in [6, 6.07) is 13.3. The van der Waals surface area contributed by atoms with Crippen molar-refractivity contribution in [2.75, 3.05) is 4.72 Å². The second-order valence-electron chi connectivity index (χ2n) is 8.62. The zero-order chi connectivity index (χ0) is 32.1. The summed E-state index contributed by atoms with van der Waals surface area (Å²) in [5.41, 5.74) is -1.82. The highest BCUT2D eigenvalue weighted by Crippen LogP contribution is 2.33. The lowest BCUT2D eigenvalue weighted by Gasteiger charge is -2.12. The van der Waals surface area contributed by atoms with E-state index < -0.39 is 62.4 Å². The van der Waals surface area contributed by atoms with E-state index in [1.165, 1.54) is 21.6 Å². The molecule has 0 bridgehead atoms. The normalized spacial score (nSPS) is 11.8. The zero-order valence-corrected chi connectivity index (χ0v) is 22.7. The number of halogens is 5. The molecule has 4 rings (SSSR count). The Labute approximate surface area is 240 Å². The molecule has 0 radical (unpaired) electrons. The van der Waals surface area contributed by atoms with Gasteiger partial charge in [0.25, 0.3) is 11.5 Å². The maximum Gasteiger partial charge on any atom is 0.490 e. The lowest BCUT2D eigenvalue weighted by Crippen LogP contribution is -2.36. The minimum absolute atomic E-state index is 0.0242. The fourth-order valence-corrected chi connectivity index (χ4v) is 4.38. The summed E-state index contributed by atoms with van der Waals surface area (Å²) >= 11 is 0. The molecule has 228 valence electrons. The number of carboxylic acid groups (broad SMARTS) is 1. The Kier molecular flexibility index (Phi) is 10.0. The third-order valence-electron chi connectivity index (χ3n) is 5.84. The van der Waals surface area contributed by atoms with Crippen LogP contribution in [0.25, 0.3) is 16.5 Å². The molecule has 0 fully saturated rings. The Balaban J connectivity index is 0.000000243. The standard InChI is InChI=1S/C18H16N2O4.C8H5F5N2O3S/c1-19-11-10-16(21)20(18(19)24)15-7-3-5-13-12(8-9-17(22)23)4-2-6-14(13)15;9-3-1-2-4(15-19(17)8(10,11)12)6(18-13)5(3)7(14)16/h2-7,10-11H,8-9H2,1H3,(H,22,23);1-2,15H,(H2,14,16). The number of nitrogens with two attached hydrogens (primary N) is 1. The lowest BCUT2D eigenvalue weighted by molar-refractivity contribution is -0.136. The highest BCUT2D eigenvalue weighted by molar-refractivity contribution is 7.87. The van der Waals surface area contributed by atoms with Gasteiger partial charge in [0, 0.05) is 35.6 Å². The fraction of sp³-hybridized carbons (Fsp3) is 0.154. The predicted molar refractivity (Wildman–Crippen MR) is 145 cm³/mol. The number of amides is 1. The van der Waals surface area contributed by atoms with Crippen LogP contribution in [0, 0.1) is 5.82 Å². The van der Waals surface area contributed by atoms with Gasteiger partial charge in [-0.1, -0.05) is 30.3 Å². The predicted octanol–water partition coefficient (Wildman–Crippen LogP) is 3.49. The van der Waals surface area contributed by atoms with Gasteiger partial charge in [-0.05, 0) is 35.6 Å². The molecule has 43 heavy (non-hydrogen) atoms. The number of benzene rings is 3. The van der Waals surface area contributed by atoms with Gasteiger partial charge in [0.05, 0.1) is 11.4 Å². The second kappa shape index (κ2) is 13.3. The third-order valence-corrected chi connectivity index (χ3v) is 6.66. The first kappa shape index (κ1) is 32.5. The van der Waals surface area contributed by atoms with Crippen molar-refractivity contribution in [2.45, 2.75) is 18.3 Å². The Bertz CT molecular complexity index is 1840. The number of aryl methyl sites for hydroxylation is 2. The summed E-state index contributed by atoms with van der Waals surface area (Å²) < 4.78 is 76.1. The molecule has 0 aliphatic carbocycles. The topological polar surface area (TPSA) is 163 Å². The number of carbonyl (C=O) groups excluding carboxylic acids is 1. The number of carbonyl (C=O) groups is 2. The number of primary amides is 1. The quantitative estimate of drug-likeness (QED) is 0.252. The summed E-state index contributed by atoms with van der Waals surface area (Å²) in [7, 11) is -2.01. The van der Waals surface area contributed by atoms with E-state index in [0.717, 1.165) is 20.9 Å². The smallest absolute Gasteiger partial charge is 0.481 e. The van der Waals surface area contributed by atoms with E-state index in [1.807, 2.05) is 24.3 Å². The largest absolute Gasteiger partial charge is 0.490 e. The molecule has 3 aromatic carbocycles. The molecule has 1 atom stereocenters.